The van der Waals surface area contributed by atoms with Gasteiger partial charge in [0.2, 0.25) is 0 Å². The number of nitrogens with one attached hydrogen (secondary N) is 2. The molecule has 0 radical (unpaired) electrons. The van der Waals surface area contributed by atoms with Gasteiger partial charge in [-0.1, -0.05) is 19.1 Å². The van der Waals surface area contributed by atoms with E-state index in [1.807, 2.05) is 26.0 Å². The van der Waals surface area contributed by atoms with Crippen LogP contribution in [0.2, 0.25) is 0 Å². The first kappa shape index (κ1) is 18.1. The third kappa shape index (κ3) is 5.05. The molecule has 1 saturated carbocycles. The normalized spacial score (nSPS) is 20.7. The van der Waals surface area contributed by atoms with E-state index >= 15 is 0 Å². The van der Waals surface area contributed by atoms with Gasteiger partial charge < -0.3 is 15.7 Å². The Morgan fingerprint density at radius 3 is 2.38 bits per heavy atom. The van der Waals surface area contributed by atoms with Crippen LogP contribution in [0.1, 0.15) is 37.0 Å². The first-order chi connectivity index (χ1) is 9.51. The van der Waals surface area contributed by atoms with Crippen molar-refractivity contribution in [3.63, 3.8) is 0 Å². The van der Waals surface area contributed by atoms with Gasteiger partial charge in [0.25, 0.3) is 0 Å². The molecular weight excluding hydrogens is 377 g/mol. The van der Waals surface area contributed by atoms with Crippen molar-refractivity contribution in [1.82, 2.24) is 10.6 Å². The highest BCUT2D eigenvalue weighted by atomic mass is 127. The van der Waals surface area contributed by atoms with Crippen molar-refractivity contribution >= 4 is 29.9 Å². The van der Waals surface area contributed by atoms with Crippen LogP contribution in [0, 0.1) is 19.8 Å². The molecule has 3 N–H and O–H groups in total. The van der Waals surface area contributed by atoms with Crippen LogP contribution in [-0.4, -0.2) is 23.7 Å². The number of rotatable bonds is 4. The topological polar surface area (TPSA) is 56.7 Å². The maximum absolute atomic E-state index is 9.79. The number of phenols is 1. The third-order valence-electron chi connectivity index (χ3n) is 3.75. The lowest BCUT2D eigenvalue weighted by atomic mass is 10.1. The number of hydrogen-bond donors (Lipinski definition) is 3. The summed E-state index contributed by atoms with van der Waals surface area (Å²) in [4.78, 5) is 4.62. The largest absolute Gasteiger partial charge is 0.507 e. The zero-order valence-corrected chi connectivity index (χ0v) is 15.6. The van der Waals surface area contributed by atoms with Crippen LogP contribution in [0.3, 0.4) is 0 Å². The molecule has 2 atom stereocenters. The lowest BCUT2D eigenvalue weighted by Crippen LogP contribution is -2.39. The molecule has 5 heteroatoms. The van der Waals surface area contributed by atoms with E-state index in [1.54, 1.807) is 0 Å². The Labute approximate surface area is 144 Å². The third-order valence-corrected chi connectivity index (χ3v) is 3.75. The van der Waals surface area contributed by atoms with Crippen LogP contribution < -0.4 is 10.6 Å². The van der Waals surface area contributed by atoms with Crippen molar-refractivity contribution in [2.45, 2.75) is 46.7 Å². The number of hydrogen-bond acceptors (Lipinski definition) is 2. The maximum atomic E-state index is 9.79. The molecule has 0 bridgehead atoms. The molecule has 0 heterocycles. The SMILES string of the molecule is CCNC(=NCc1cc(C)c(O)c(C)c1)NC1CC1C.I. The van der Waals surface area contributed by atoms with E-state index in [2.05, 4.69) is 29.5 Å². The predicted molar refractivity (Wildman–Crippen MR) is 98.5 cm³/mol. The fraction of sp³-hybridized carbons (Fsp3) is 0.562. The molecule has 1 fully saturated rings. The second-order valence-corrected chi connectivity index (χ2v) is 5.74. The second-order valence-electron chi connectivity index (χ2n) is 5.74. The molecule has 0 spiro atoms. The van der Waals surface area contributed by atoms with Gasteiger partial charge >= 0.3 is 0 Å². The zero-order chi connectivity index (χ0) is 14.7. The number of aromatic hydroxyl groups is 1. The van der Waals surface area contributed by atoms with Gasteiger partial charge in [-0.25, -0.2) is 4.99 Å². The molecule has 4 nitrogen and oxygen atoms in total. The number of guanidine groups is 1. The minimum atomic E-state index is 0. The van der Waals surface area contributed by atoms with E-state index in [1.165, 1.54) is 6.42 Å². The molecule has 21 heavy (non-hydrogen) atoms. The zero-order valence-electron chi connectivity index (χ0n) is 13.2. The average Bonchev–Trinajstić information content (AvgIpc) is 3.08. The second kappa shape index (κ2) is 7.87. The molecule has 1 aromatic carbocycles. The summed E-state index contributed by atoms with van der Waals surface area (Å²) >= 11 is 0. The van der Waals surface area contributed by atoms with Gasteiger partial charge in [0, 0.05) is 12.6 Å². The molecular formula is C16H26IN3O. The number of aryl methyl sites for hydroxylation is 2. The highest BCUT2D eigenvalue weighted by molar-refractivity contribution is 14.0. The van der Waals surface area contributed by atoms with Gasteiger partial charge in [0.05, 0.1) is 6.54 Å². The summed E-state index contributed by atoms with van der Waals surface area (Å²) in [7, 11) is 0. The maximum Gasteiger partial charge on any atom is 0.191 e. The smallest absolute Gasteiger partial charge is 0.191 e. The molecule has 0 aliphatic heterocycles. The Hall–Kier alpha value is -0.980. The van der Waals surface area contributed by atoms with Crippen LogP contribution in [-0.2, 0) is 6.54 Å². The molecule has 0 amide bonds. The van der Waals surface area contributed by atoms with E-state index < -0.39 is 0 Å². The number of phenolic OH excluding ortho intramolecular Hbond substituents is 1. The van der Waals surface area contributed by atoms with Crippen LogP contribution in [0.5, 0.6) is 5.75 Å². The molecule has 1 aliphatic carbocycles. The van der Waals surface area contributed by atoms with Crippen molar-refractivity contribution in [3.05, 3.63) is 28.8 Å². The predicted octanol–water partition coefficient (Wildman–Crippen LogP) is 3.09. The standard InChI is InChI=1S/C16H25N3O.HI/c1-5-17-16(19-14-8-10(14)2)18-9-13-6-11(3)15(20)12(4)7-13;/h6-7,10,14,20H,5,8-9H2,1-4H3,(H2,17,18,19);1H. The van der Waals surface area contributed by atoms with Gasteiger partial charge in [-0.3, -0.25) is 0 Å². The Morgan fingerprint density at radius 2 is 1.90 bits per heavy atom. The van der Waals surface area contributed by atoms with Crippen molar-refractivity contribution in [2.75, 3.05) is 6.54 Å². The van der Waals surface area contributed by atoms with E-state index in [0.717, 1.165) is 35.1 Å². The van der Waals surface area contributed by atoms with E-state index in [-0.39, 0.29) is 24.0 Å². The first-order valence-electron chi connectivity index (χ1n) is 7.35. The van der Waals surface area contributed by atoms with E-state index in [0.29, 0.717) is 18.3 Å². The average molecular weight is 403 g/mol. The molecule has 2 unspecified atom stereocenters. The summed E-state index contributed by atoms with van der Waals surface area (Å²) in [5.74, 6) is 2.01. The van der Waals surface area contributed by atoms with E-state index in [4.69, 9.17) is 0 Å². The minimum absolute atomic E-state index is 0. The number of benzene rings is 1. The van der Waals surface area contributed by atoms with Crippen LogP contribution >= 0.6 is 24.0 Å². The summed E-state index contributed by atoms with van der Waals surface area (Å²) in [6.45, 7) is 9.64. The number of aliphatic imine (C=N–C) groups is 1. The Balaban J connectivity index is 0.00000220. The highest BCUT2D eigenvalue weighted by Gasteiger charge is 2.33. The lowest BCUT2D eigenvalue weighted by molar-refractivity contribution is 0.466. The minimum Gasteiger partial charge on any atom is -0.507 e. The van der Waals surface area contributed by atoms with Crippen LogP contribution in [0.4, 0.5) is 0 Å². The van der Waals surface area contributed by atoms with Crippen LogP contribution in [0.25, 0.3) is 0 Å². The summed E-state index contributed by atoms with van der Waals surface area (Å²) in [6.07, 6.45) is 1.22. The van der Waals surface area contributed by atoms with E-state index in [9.17, 15) is 5.11 Å². The highest BCUT2D eigenvalue weighted by Crippen LogP contribution is 2.28. The Morgan fingerprint density at radius 1 is 1.33 bits per heavy atom. The van der Waals surface area contributed by atoms with Gasteiger partial charge in [0.15, 0.2) is 5.96 Å². The summed E-state index contributed by atoms with van der Waals surface area (Å²) in [5, 5.41) is 16.5. The summed E-state index contributed by atoms with van der Waals surface area (Å²) < 4.78 is 0. The van der Waals surface area contributed by atoms with Gasteiger partial charge in [-0.05, 0) is 49.8 Å². The summed E-state index contributed by atoms with van der Waals surface area (Å²) in [6, 6.07) is 4.56. The number of halogens is 1. The van der Waals surface area contributed by atoms with Gasteiger partial charge in [-0.2, -0.15) is 0 Å². The monoisotopic (exact) mass is 403 g/mol. The first-order valence-corrected chi connectivity index (χ1v) is 7.35. The van der Waals surface area contributed by atoms with Crippen molar-refractivity contribution in [3.8, 4) is 5.75 Å². The molecule has 2 rings (SSSR count). The molecule has 1 aliphatic rings. The van der Waals surface area contributed by atoms with Gasteiger partial charge in [0.1, 0.15) is 5.75 Å². The fourth-order valence-electron chi connectivity index (χ4n) is 2.33. The van der Waals surface area contributed by atoms with Gasteiger partial charge in [-0.15, -0.1) is 24.0 Å². The molecule has 1 aromatic rings. The Bertz CT molecular complexity index is 493. The summed E-state index contributed by atoms with van der Waals surface area (Å²) in [5.41, 5.74) is 2.94. The molecule has 0 aromatic heterocycles. The van der Waals surface area contributed by atoms with Crippen molar-refractivity contribution < 1.29 is 5.11 Å². The molecule has 0 saturated heterocycles. The van der Waals surface area contributed by atoms with Crippen molar-refractivity contribution in [2.24, 2.45) is 10.9 Å². The number of nitrogens with zero attached hydrogens (tertiary/aromatic N) is 1. The quantitative estimate of drug-likeness (QED) is 0.412. The fourth-order valence-corrected chi connectivity index (χ4v) is 2.33. The Kier molecular flexibility index (Phi) is 6.77. The molecule has 118 valence electrons. The van der Waals surface area contributed by atoms with Crippen LogP contribution in [0.15, 0.2) is 17.1 Å². The van der Waals surface area contributed by atoms with Crippen molar-refractivity contribution in [1.29, 1.82) is 0 Å². The lowest BCUT2D eigenvalue weighted by Gasteiger charge is -2.11.